The van der Waals surface area contributed by atoms with Crippen LogP contribution in [0, 0.1) is 11.8 Å². The third kappa shape index (κ3) is 3.21. The molecule has 1 heterocycles. The van der Waals surface area contributed by atoms with E-state index in [1.165, 1.54) is 12.8 Å². The van der Waals surface area contributed by atoms with Gasteiger partial charge < -0.3 is 15.2 Å². The van der Waals surface area contributed by atoms with Gasteiger partial charge in [0.05, 0.1) is 18.3 Å². The Bertz CT molecular complexity index is 228. The van der Waals surface area contributed by atoms with Crippen molar-refractivity contribution in [3.8, 4) is 0 Å². The zero-order valence-corrected chi connectivity index (χ0v) is 11.3. The van der Waals surface area contributed by atoms with Crippen LogP contribution in [0.3, 0.4) is 0 Å². The van der Waals surface area contributed by atoms with Crippen LogP contribution in [0.15, 0.2) is 0 Å². The van der Waals surface area contributed by atoms with Crippen LogP contribution in [-0.4, -0.2) is 31.5 Å². The van der Waals surface area contributed by atoms with Crippen molar-refractivity contribution in [2.24, 2.45) is 17.6 Å². The molecule has 0 aromatic rings. The van der Waals surface area contributed by atoms with Crippen LogP contribution in [0.2, 0.25) is 0 Å². The number of hydrogen-bond acceptors (Lipinski definition) is 3. The van der Waals surface area contributed by atoms with Crippen molar-refractivity contribution in [1.82, 2.24) is 0 Å². The van der Waals surface area contributed by atoms with Crippen molar-refractivity contribution in [1.29, 1.82) is 0 Å². The van der Waals surface area contributed by atoms with Crippen molar-refractivity contribution >= 4 is 0 Å². The molecular weight excluding hydrogens is 214 g/mol. The highest BCUT2D eigenvalue weighted by molar-refractivity contribution is 4.90. The monoisotopic (exact) mass is 241 g/mol. The Morgan fingerprint density at radius 1 is 1.29 bits per heavy atom. The van der Waals surface area contributed by atoms with Crippen molar-refractivity contribution in [2.45, 2.75) is 57.7 Å². The molecule has 1 aliphatic carbocycles. The molecule has 0 amide bonds. The van der Waals surface area contributed by atoms with Crippen LogP contribution in [0.5, 0.6) is 0 Å². The molecule has 2 aliphatic rings. The fourth-order valence-electron chi connectivity index (χ4n) is 3.16. The largest absolute Gasteiger partial charge is 0.379 e. The quantitative estimate of drug-likeness (QED) is 0.821. The van der Waals surface area contributed by atoms with Gasteiger partial charge in [-0.2, -0.15) is 0 Å². The summed E-state index contributed by atoms with van der Waals surface area (Å²) in [5.74, 6) is 1.65. The SMILES string of the molecule is CC(C)C1CCC(CN)(OC2CCOC2)CC1. The second-order valence-corrected chi connectivity index (χ2v) is 6.07. The molecule has 2 fully saturated rings. The third-order valence-corrected chi connectivity index (χ3v) is 4.56. The molecule has 2 N–H and O–H groups in total. The molecular formula is C14H27NO2. The lowest BCUT2D eigenvalue weighted by molar-refractivity contribution is -0.115. The van der Waals surface area contributed by atoms with Gasteiger partial charge in [0.25, 0.3) is 0 Å². The summed E-state index contributed by atoms with van der Waals surface area (Å²) in [5.41, 5.74) is 5.92. The Kier molecular flexibility index (Phi) is 4.45. The molecule has 1 atom stereocenters. The summed E-state index contributed by atoms with van der Waals surface area (Å²) in [6, 6.07) is 0. The highest BCUT2D eigenvalue weighted by atomic mass is 16.6. The minimum Gasteiger partial charge on any atom is -0.379 e. The summed E-state index contributed by atoms with van der Waals surface area (Å²) in [6.07, 6.45) is 6.11. The molecule has 3 nitrogen and oxygen atoms in total. The maximum atomic E-state index is 6.27. The molecule has 3 heteroatoms. The van der Waals surface area contributed by atoms with E-state index in [4.69, 9.17) is 15.2 Å². The molecule has 1 saturated heterocycles. The molecule has 0 radical (unpaired) electrons. The fraction of sp³-hybridized carbons (Fsp3) is 1.00. The second kappa shape index (κ2) is 5.68. The molecule has 100 valence electrons. The molecule has 0 aromatic heterocycles. The van der Waals surface area contributed by atoms with Crippen LogP contribution in [0.1, 0.15) is 46.0 Å². The second-order valence-electron chi connectivity index (χ2n) is 6.07. The van der Waals surface area contributed by atoms with Gasteiger partial charge in [0.1, 0.15) is 0 Å². The van der Waals surface area contributed by atoms with E-state index in [0.717, 1.165) is 44.3 Å². The van der Waals surface area contributed by atoms with Gasteiger partial charge in [0.15, 0.2) is 0 Å². The van der Waals surface area contributed by atoms with Gasteiger partial charge in [-0.15, -0.1) is 0 Å². The lowest BCUT2D eigenvalue weighted by atomic mass is 9.74. The highest BCUT2D eigenvalue weighted by Crippen LogP contribution is 2.38. The smallest absolute Gasteiger partial charge is 0.0838 e. The topological polar surface area (TPSA) is 44.5 Å². The first kappa shape index (κ1) is 13.3. The summed E-state index contributed by atoms with van der Waals surface area (Å²) in [6.45, 7) is 6.92. The van der Waals surface area contributed by atoms with E-state index >= 15 is 0 Å². The van der Waals surface area contributed by atoms with Crippen LogP contribution in [-0.2, 0) is 9.47 Å². The number of rotatable bonds is 4. The van der Waals surface area contributed by atoms with E-state index in [2.05, 4.69) is 13.8 Å². The predicted octanol–water partition coefficient (Wildman–Crippen LogP) is 2.34. The molecule has 0 bridgehead atoms. The van der Waals surface area contributed by atoms with Gasteiger partial charge in [-0.25, -0.2) is 0 Å². The Hall–Kier alpha value is -0.120. The Labute approximate surface area is 105 Å². The molecule has 1 aliphatic heterocycles. The van der Waals surface area contributed by atoms with Gasteiger partial charge in [0, 0.05) is 13.2 Å². The summed E-state index contributed by atoms with van der Waals surface area (Å²) in [7, 11) is 0. The van der Waals surface area contributed by atoms with E-state index in [-0.39, 0.29) is 11.7 Å². The first-order valence-corrected chi connectivity index (χ1v) is 7.11. The molecule has 17 heavy (non-hydrogen) atoms. The van der Waals surface area contributed by atoms with Crippen LogP contribution < -0.4 is 5.73 Å². The Balaban J connectivity index is 1.88. The van der Waals surface area contributed by atoms with Crippen LogP contribution >= 0.6 is 0 Å². The zero-order valence-electron chi connectivity index (χ0n) is 11.3. The van der Waals surface area contributed by atoms with Crippen molar-refractivity contribution in [3.05, 3.63) is 0 Å². The van der Waals surface area contributed by atoms with Crippen molar-refractivity contribution < 1.29 is 9.47 Å². The van der Waals surface area contributed by atoms with Gasteiger partial charge in [-0.05, 0) is 43.9 Å². The van der Waals surface area contributed by atoms with Crippen LogP contribution in [0.4, 0.5) is 0 Å². The maximum Gasteiger partial charge on any atom is 0.0838 e. The molecule has 1 unspecified atom stereocenters. The lowest BCUT2D eigenvalue weighted by Crippen LogP contribution is -2.47. The first-order chi connectivity index (χ1) is 8.15. The molecule has 2 rings (SSSR count). The van der Waals surface area contributed by atoms with Crippen molar-refractivity contribution in [3.63, 3.8) is 0 Å². The Morgan fingerprint density at radius 3 is 2.47 bits per heavy atom. The number of ether oxygens (including phenoxy) is 2. The van der Waals surface area contributed by atoms with E-state index in [1.54, 1.807) is 0 Å². The normalized spacial score (nSPS) is 38.8. The maximum absolute atomic E-state index is 6.27. The first-order valence-electron chi connectivity index (χ1n) is 7.11. The number of nitrogens with two attached hydrogens (primary N) is 1. The summed E-state index contributed by atoms with van der Waals surface area (Å²) >= 11 is 0. The molecule has 1 saturated carbocycles. The van der Waals surface area contributed by atoms with E-state index in [9.17, 15) is 0 Å². The van der Waals surface area contributed by atoms with Gasteiger partial charge in [0.2, 0.25) is 0 Å². The number of hydrogen-bond donors (Lipinski definition) is 1. The Morgan fingerprint density at radius 2 is 2.00 bits per heavy atom. The third-order valence-electron chi connectivity index (χ3n) is 4.56. The summed E-state index contributed by atoms with van der Waals surface area (Å²) in [4.78, 5) is 0. The summed E-state index contributed by atoms with van der Waals surface area (Å²) in [5, 5.41) is 0. The minimum absolute atomic E-state index is 0.0518. The summed E-state index contributed by atoms with van der Waals surface area (Å²) < 4.78 is 11.6. The molecule has 0 aromatic carbocycles. The lowest BCUT2D eigenvalue weighted by Gasteiger charge is -2.41. The van der Waals surface area contributed by atoms with E-state index in [1.807, 2.05) is 0 Å². The molecule has 0 spiro atoms. The minimum atomic E-state index is -0.0518. The fourth-order valence-corrected chi connectivity index (χ4v) is 3.16. The predicted molar refractivity (Wildman–Crippen MR) is 68.9 cm³/mol. The van der Waals surface area contributed by atoms with E-state index < -0.39 is 0 Å². The zero-order chi connectivity index (χ0) is 12.3. The van der Waals surface area contributed by atoms with Gasteiger partial charge in [-0.3, -0.25) is 0 Å². The average molecular weight is 241 g/mol. The highest BCUT2D eigenvalue weighted by Gasteiger charge is 2.38. The van der Waals surface area contributed by atoms with Crippen LogP contribution in [0.25, 0.3) is 0 Å². The average Bonchev–Trinajstić information content (AvgIpc) is 2.82. The van der Waals surface area contributed by atoms with E-state index in [0.29, 0.717) is 6.54 Å². The van der Waals surface area contributed by atoms with Gasteiger partial charge >= 0.3 is 0 Å². The standard InChI is InChI=1S/C14H27NO2/c1-11(2)12-3-6-14(10-15,7-4-12)17-13-5-8-16-9-13/h11-13H,3-10,15H2,1-2H3. The van der Waals surface area contributed by atoms with Crippen molar-refractivity contribution in [2.75, 3.05) is 19.8 Å². The van der Waals surface area contributed by atoms with Gasteiger partial charge in [-0.1, -0.05) is 13.8 Å².